The smallest absolute Gasteiger partial charge is 0.338 e. The summed E-state index contributed by atoms with van der Waals surface area (Å²) in [5.74, 6) is 0.924. The van der Waals surface area contributed by atoms with Gasteiger partial charge in [-0.05, 0) is 29.8 Å². The van der Waals surface area contributed by atoms with E-state index in [4.69, 9.17) is 13.9 Å². The highest BCUT2D eigenvalue weighted by atomic mass is 16.5. The van der Waals surface area contributed by atoms with Crippen molar-refractivity contribution in [2.45, 2.75) is 20.1 Å². The van der Waals surface area contributed by atoms with Gasteiger partial charge in [0.25, 0.3) is 5.89 Å². The molecule has 0 aliphatic heterocycles. The minimum atomic E-state index is -0.458. The van der Waals surface area contributed by atoms with Crippen molar-refractivity contribution in [3.63, 3.8) is 0 Å². The van der Waals surface area contributed by atoms with Crippen LogP contribution in [0.1, 0.15) is 27.7 Å². The first kappa shape index (κ1) is 15.7. The molecule has 0 spiro atoms. The first-order chi connectivity index (χ1) is 11.7. The Labute approximate surface area is 139 Å². The summed E-state index contributed by atoms with van der Waals surface area (Å²) in [7, 11) is 0. The highest BCUT2D eigenvalue weighted by Gasteiger charge is 2.10. The van der Waals surface area contributed by atoms with Crippen molar-refractivity contribution >= 4 is 5.97 Å². The second kappa shape index (κ2) is 7.41. The van der Waals surface area contributed by atoms with Gasteiger partial charge in [0.1, 0.15) is 12.4 Å². The van der Waals surface area contributed by atoms with Crippen molar-refractivity contribution in [1.29, 1.82) is 0 Å². The van der Waals surface area contributed by atoms with Crippen LogP contribution in [0, 0.1) is 6.92 Å². The van der Waals surface area contributed by atoms with Gasteiger partial charge in [-0.1, -0.05) is 30.3 Å². The van der Waals surface area contributed by atoms with Crippen molar-refractivity contribution < 1.29 is 18.7 Å². The first-order valence-corrected chi connectivity index (χ1v) is 7.43. The molecule has 0 N–H and O–H groups in total. The van der Waals surface area contributed by atoms with Crippen LogP contribution in [0.25, 0.3) is 0 Å². The summed E-state index contributed by atoms with van der Waals surface area (Å²) in [6, 6.07) is 16.6. The molecule has 1 aromatic heterocycles. The topological polar surface area (TPSA) is 74.5 Å². The van der Waals surface area contributed by atoms with Crippen LogP contribution in [0.4, 0.5) is 0 Å². The van der Waals surface area contributed by atoms with Crippen molar-refractivity contribution in [2.24, 2.45) is 0 Å². The number of ether oxygens (including phenoxy) is 2. The van der Waals surface area contributed by atoms with E-state index in [-0.39, 0.29) is 12.5 Å². The van der Waals surface area contributed by atoms with Crippen LogP contribution in [0.5, 0.6) is 5.75 Å². The average molecular weight is 324 g/mol. The fourth-order valence-corrected chi connectivity index (χ4v) is 2.03. The van der Waals surface area contributed by atoms with Crippen molar-refractivity contribution in [3.8, 4) is 5.75 Å². The molecule has 0 unspecified atom stereocenters. The number of hydrogen-bond donors (Lipinski definition) is 0. The summed E-state index contributed by atoms with van der Waals surface area (Å²) in [5.41, 5.74) is 1.51. The van der Waals surface area contributed by atoms with Crippen LogP contribution < -0.4 is 4.74 Å². The maximum absolute atomic E-state index is 12.0. The Morgan fingerprint density at radius 1 is 1.00 bits per heavy atom. The third-order valence-electron chi connectivity index (χ3n) is 3.23. The Morgan fingerprint density at radius 2 is 1.75 bits per heavy atom. The van der Waals surface area contributed by atoms with Gasteiger partial charge in [0.15, 0.2) is 6.61 Å². The second-order valence-corrected chi connectivity index (χ2v) is 5.09. The number of rotatable bonds is 6. The number of benzene rings is 2. The molecule has 122 valence electrons. The van der Waals surface area contributed by atoms with Gasteiger partial charge in [-0.15, -0.1) is 10.2 Å². The SMILES string of the molecule is Cc1nnc(COC(=O)c2ccc(OCc3ccccc3)cc2)o1. The number of aryl methyl sites for hydroxylation is 1. The van der Waals surface area contributed by atoms with Crippen molar-refractivity contribution in [2.75, 3.05) is 0 Å². The number of nitrogens with zero attached hydrogens (tertiary/aromatic N) is 2. The summed E-state index contributed by atoms with van der Waals surface area (Å²) >= 11 is 0. The molecule has 0 bridgehead atoms. The molecule has 0 radical (unpaired) electrons. The predicted molar refractivity (Wildman–Crippen MR) is 85.4 cm³/mol. The monoisotopic (exact) mass is 324 g/mol. The molecule has 0 aliphatic carbocycles. The summed E-state index contributed by atoms with van der Waals surface area (Å²) in [6.45, 7) is 2.10. The zero-order chi connectivity index (χ0) is 16.8. The van der Waals surface area contributed by atoms with E-state index in [1.807, 2.05) is 30.3 Å². The van der Waals surface area contributed by atoms with Gasteiger partial charge in [0, 0.05) is 6.92 Å². The van der Waals surface area contributed by atoms with E-state index in [0.717, 1.165) is 5.56 Å². The van der Waals surface area contributed by atoms with Gasteiger partial charge in [0.2, 0.25) is 5.89 Å². The lowest BCUT2D eigenvalue weighted by atomic mass is 10.2. The normalized spacial score (nSPS) is 10.4. The maximum Gasteiger partial charge on any atom is 0.338 e. The third kappa shape index (κ3) is 4.19. The lowest BCUT2D eigenvalue weighted by Gasteiger charge is -2.07. The zero-order valence-corrected chi connectivity index (χ0v) is 13.1. The molecule has 6 heteroatoms. The second-order valence-electron chi connectivity index (χ2n) is 5.09. The Kier molecular flexibility index (Phi) is 4.86. The summed E-state index contributed by atoms with van der Waals surface area (Å²) in [4.78, 5) is 12.0. The summed E-state index contributed by atoms with van der Waals surface area (Å²) in [5, 5.41) is 7.43. The van der Waals surface area contributed by atoms with Gasteiger partial charge in [-0.2, -0.15) is 0 Å². The van der Waals surface area contributed by atoms with Gasteiger partial charge in [0.05, 0.1) is 5.56 Å². The molecule has 6 nitrogen and oxygen atoms in total. The molecule has 2 aromatic carbocycles. The number of hydrogen-bond acceptors (Lipinski definition) is 6. The van der Waals surface area contributed by atoms with E-state index < -0.39 is 5.97 Å². The van der Waals surface area contributed by atoms with Crippen LogP contribution in [0.2, 0.25) is 0 Å². The molecule has 0 saturated heterocycles. The number of esters is 1. The fraction of sp³-hybridized carbons (Fsp3) is 0.167. The molecule has 0 saturated carbocycles. The number of carbonyl (C=O) groups excluding carboxylic acids is 1. The predicted octanol–water partition coefficient (Wildman–Crippen LogP) is 3.31. The quantitative estimate of drug-likeness (QED) is 0.648. The number of aromatic nitrogens is 2. The molecule has 0 atom stereocenters. The minimum Gasteiger partial charge on any atom is -0.489 e. The molecule has 1 heterocycles. The summed E-state index contributed by atoms with van der Waals surface area (Å²) < 4.78 is 15.9. The zero-order valence-electron chi connectivity index (χ0n) is 13.1. The van der Waals surface area contributed by atoms with Crippen LogP contribution in [0.15, 0.2) is 59.0 Å². The van der Waals surface area contributed by atoms with Gasteiger partial charge < -0.3 is 13.9 Å². The fourth-order valence-electron chi connectivity index (χ4n) is 2.03. The van der Waals surface area contributed by atoms with Gasteiger partial charge in [-0.25, -0.2) is 4.79 Å². The molecule has 3 aromatic rings. The maximum atomic E-state index is 12.0. The first-order valence-electron chi connectivity index (χ1n) is 7.43. The largest absolute Gasteiger partial charge is 0.489 e. The van der Waals surface area contributed by atoms with Crippen LogP contribution in [-0.4, -0.2) is 16.2 Å². The van der Waals surface area contributed by atoms with Crippen molar-refractivity contribution in [3.05, 3.63) is 77.5 Å². The van der Waals surface area contributed by atoms with Gasteiger partial charge in [-0.3, -0.25) is 0 Å². The van der Waals surface area contributed by atoms with Gasteiger partial charge >= 0.3 is 5.97 Å². The molecule has 0 aliphatic rings. The molecule has 0 fully saturated rings. The standard InChI is InChI=1S/C18H16N2O4/c1-13-19-20-17(24-13)12-23-18(21)15-7-9-16(10-8-15)22-11-14-5-3-2-4-6-14/h2-10H,11-12H2,1H3. The Bertz CT molecular complexity index is 797. The van der Waals surface area contributed by atoms with E-state index in [1.165, 1.54) is 0 Å². The van der Waals surface area contributed by atoms with E-state index in [9.17, 15) is 4.79 Å². The Balaban J connectivity index is 1.52. The summed E-state index contributed by atoms with van der Waals surface area (Å²) in [6.07, 6.45) is 0. The molecule has 3 rings (SSSR count). The third-order valence-corrected chi connectivity index (χ3v) is 3.23. The van der Waals surface area contributed by atoms with E-state index in [1.54, 1.807) is 31.2 Å². The average Bonchev–Trinajstić information content (AvgIpc) is 3.04. The minimum absolute atomic E-state index is 0.0497. The molecule has 24 heavy (non-hydrogen) atoms. The highest BCUT2D eigenvalue weighted by Crippen LogP contribution is 2.15. The lowest BCUT2D eigenvalue weighted by molar-refractivity contribution is 0.0437. The Morgan fingerprint density at radius 3 is 2.42 bits per heavy atom. The molecule has 0 amide bonds. The molecular weight excluding hydrogens is 308 g/mol. The number of carbonyl (C=O) groups is 1. The lowest BCUT2D eigenvalue weighted by Crippen LogP contribution is -2.05. The van der Waals surface area contributed by atoms with Crippen LogP contribution >= 0.6 is 0 Å². The van der Waals surface area contributed by atoms with Crippen molar-refractivity contribution in [1.82, 2.24) is 10.2 Å². The van der Waals surface area contributed by atoms with Crippen LogP contribution in [-0.2, 0) is 18.0 Å². The highest BCUT2D eigenvalue weighted by molar-refractivity contribution is 5.89. The Hall–Kier alpha value is -3.15. The van der Waals surface area contributed by atoms with E-state index >= 15 is 0 Å². The molecular formula is C18H16N2O4. The van der Waals surface area contributed by atoms with Crippen LogP contribution in [0.3, 0.4) is 0 Å². The van der Waals surface area contributed by atoms with E-state index in [2.05, 4.69) is 10.2 Å². The van der Waals surface area contributed by atoms with E-state index in [0.29, 0.717) is 23.8 Å².